The van der Waals surface area contributed by atoms with E-state index < -0.39 is 0 Å². The fraction of sp³-hybridized carbons (Fsp3) is 0.929. The normalized spacial score (nSPS) is 35.4. The average Bonchev–Trinajstić information content (AvgIpc) is 3.02. The van der Waals surface area contributed by atoms with E-state index in [1.807, 2.05) is 0 Å². The van der Waals surface area contributed by atoms with Crippen molar-refractivity contribution in [3.63, 3.8) is 0 Å². The van der Waals surface area contributed by atoms with Crippen molar-refractivity contribution in [2.24, 2.45) is 5.92 Å². The molecular weight excluding hydrogens is 228 g/mol. The van der Waals surface area contributed by atoms with Crippen LogP contribution >= 0.6 is 0 Å². The number of ether oxygens (including phenoxy) is 1. The van der Waals surface area contributed by atoms with E-state index in [1.165, 1.54) is 13.0 Å². The van der Waals surface area contributed by atoms with E-state index in [-0.39, 0.29) is 0 Å². The van der Waals surface area contributed by atoms with Crippen LogP contribution < -0.4 is 0 Å². The highest BCUT2D eigenvalue weighted by Gasteiger charge is 2.32. The molecule has 0 N–H and O–H groups in total. The summed E-state index contributed by atoms with van der Waals surface area (Å²) in [7, 11) is 0. The minimum atomic E-state index is 0.341. The summed E-state index contributed by atoms with van der Waals surface area (Å²) in [5.74, 6) is 0.846. The highest BCUT2D eigenvalue weighted by atomic mass is 16.5. The van der Waals surface area contributed by atoms with Gasteiger partial charge in [0.2, 0.25) is 0 Å². The van der Waals surface area contributed by atoms with Gasteiger partial charge in [0.1, 0.15) is 5.78 Å². The Kier molecular flexibility index (Phi) is 3.97. The van der Waals surface area contributed by atoms with Crippen molar-refractivity contribution in [2.45, 2.75) is 31.7 Å². The lowest BCUT2D eigenvalue weighted by Crippen LogP contribution is -2.45. The lowest BCUT2D eigenvalue weighted by atomic mass is 10.1. The smallest absolute Gasteiger partial charge is 0.137 e. The lowest BCUT2D eigenvalue weighted by molar-refractivity contribution is -0.121. The average molecular weight is 252 g/mol. The lowest BCUT2D eigenvalue weighted by Gasteiger charge is -2.32. The quantitative estimate of drug-likeness (QED) is 0.742. The number of nitrogens with zero attached hydrogens (tertiary/aromatic N) is 2. The molecule has 18 heavy (non-hydrogen) atoms. The SMILES string of the molecule is O=C1CCCC1CN1CCC(N2CCOCC2)C1. The molecule has 0 radical (unpaired) electrons. The Labute approximate surface area is 109 Å². The maximum Gasteiger partial charge on any atom is 0.137 e. The number of Topliss-reactive ketones (excluding diaryl/α,β-unsaturated/α-hetero) is 1. The van der Waals surface area contributed by atoms with Crippen LogP contribution in [-0.4, -0.2) is 67.6 Å². The van der Waals surface area contributed by atoms with Crippen LogP contribution in [0.3, 0.4) is 0 Å². The van der Waals surface area contributed by atoms with Crippen LogP contribution in [0.15, 0.2) is 0 Å². The summed E-state index contributed by atoms with van der Waals surface area (Å²) in [6.07, 6.45) is 4.33. The zero-order valence-corrected chi connectivity index (χ0v) is 11.1. The molecule has 0 aromatic rings. The van der Waals surface area contributed by atoms with E-state index in [0.717, 1.165) is 58.7 Å². The number of rotatable bonds is 3. The number of hydrogen-bond acceptors (Lipinski definition) is 4. The number of morpholine rings is 1. The molecule has 4 heteroatoms. The van der Waals surface area contributed by atoms with Gasteiger partial charge in [0.15, 0.2) is 0 Å². The van der Waals surface area contributed by atoms with Gasteiger partial charge >= 0.3 is 0 Å². The zero-order chi connectivity index (χ0) is 12.4. The van der Waals surface area contributed by atoms with Crippen molar-refractivity contribution in [1.82, 2.24) is 9.80 Å². The Morgan fingerprint density at radius 2 is 2.00 bits per heavy atom. The molecule has 0 bridgehead atoms. The van der Waals surface area contributed by atoms with Crippen LogP contribution in [-0.2, 0) is 9.53 Å². The minimum absolute atomic E-state index is 0.341. The standard InChI is InChI=1S/C14H24N2O2/c17-14-3-1-2-12(14)10-15-5-4-13(11-15)16-6-8-18-9-7-16/h12-13H,1-11H2. The van der Waals surface area contributed by atoms with Crippen molar-refractivity contribution < 1.29 is 9.53 Å². The number of ketones is 1. The molecule has 3 rings (SSSR count). The van der Waals surface area contributed by atoms with Crippen molar-refractivity contribution >= 4 is 5.78 Å². The van der Waals surface area contributed by atoms with E-state index in [9.17, 15) is 4.79 Å². The Balaban J connectivity index is 1.47. The first-order valence-corrected chi connectivity index (χ1v) is 7.40. The van der Waals surface area contributed by atoms with Gasteiger partial charge in [-0.3, -0.25) is 9.69 Å². The molecular formula is C14H24N2O2. The molecule has 102 valence electrons. The van der Waals surface area contributed by atoms with Crippen molar-refractivity contribution in [3.05, 3.63) is 0 Å². The summed E-state index contributed by atoms with van der Waals surface area (Å²) >= 11 is 0. The third-order valence-electron chi connectivity index (χ3n) is 4.72. The first-order chi connectivity index (χ1) is 8.83. The summed E-state index contributed by atoms with van der Waals surface area (Å²) in [5.41, 5.74) is 0. The topological polar surface area (TPSA) is 32.8 Å². The Hall–Kier alpha value is -0.450. The van der Waals surface area contributed by atoms with Gasteiger partial charge in [0, 0.05) is 44.6 Å². The van der Waals surface area contributed by atoms with Crippen LogP contribution in [0.1, 0.15) is 25.7 Å². The van der Waals surface area contributed by atoms with Gasteiger partial charge in [0.25, 0.3) is 0 Å². The number of carbonyl (C=O) groups is 1. The Bertz CT molecular complexity index is 302. The molecule has 0 aromatic carbocycles. The van der Waals surface area contributed by atoms with Gasteiger partial charge in [-0.15, -0.1) is 0 Å². The predicted octanol–water partition coefficient (Wildman–Crippen LogP) is 0.762. The van der Waals surface area contributed by atoms with E-state index in [0.29, 0.717) is 17.7 Å². The predicted molar refractivity (Wildman–Crippen MR) is 69.6 cm³/mol. The molecule has 4 nitrogen and oxygen atoms in total. The van der Waals surface area contributed by atoms with E-state index in [1.54, 1.807) is 0 Å². The fourth-order valence-electron chi connectivity index (χ4n) is 3.61. The van der Waals surface area contributed by atoms with Gasteiger partial charge in [0.05, 0.1) is 13.2 Å². The molecule has 2 atom stereocenters. The summed E-state index contributed by atoms with van der Waals surface area (Å²) in [6, 6.07) is 0.699. The van der Waals surface area contributed by atoms with Crippen LogP contribution in [0.2, 0.25) is 0 Å². The summed E-state index contributed by atoms with van der Waals surface area (Å²) in [4.78, 5) is 16.8. The highest BCUT2D eigenvalue weighted by molar-refractivity contribution is 5.83. The zero-order valence-electron chi connectivity index (χ0n) is 11.1. The van der Waals surface area contributed by atoms with Gasteiger partial charge in [-0.1, -0.05) is 0 Å². The molecule has 0 aromatic heterocycles. The first-order valence-electron chi connectivity index (χ1n) is 7.40. The number of carbonyl (C=O) groups excluding carboxylic acids is 1. The number of likely N-dealkylation sites (tertiary alicyclic amines) is 1. The fourth-order valence-corrected chi connectivity index (χ4v) is 3.61. The Morgan fingerprint density at radius 3 is 2.72 bits per heavy atom. The summed E-state index contributed by atoms with van der Waals surface area (Å²) in [5, 5.41) is 0. The van der Waals surface area contributed by atoms with Crippen molar-refractivity contribution in [3.8, 4) is 0 Å². The molecule has 2 aliphatic heterocycles. The van der Waals surface area contributed by atoms with Crippen molar-refractivity contribution in [2.75, 3.05) is 45.9 Å². The molecule has 0 spiro atoms. The minimum Gasteiger partial charge on any atom is -0.379 e. The van der Waals surface area contributed by atoms with Crippen LogP contribution in [0.25, 0.3) is 0 Å². The molecule has 0 amide bonds. The summed E-state index contributed by atoms with van der Waals surface area (Å²) in [6.45, 7) is 7.28. The maximum atomic E-state index is 11.7. The maximum absolute atomic E-state index is 11.7. The third-order valence-corrected chi connectivity index (χ3v) is 4.72. The molecule has 2 heterocycles. The summed E-state index contributed by atoms with van der Waals surface area (Å²) < 4.78 is 5.41. The second kappa shape index (κ2) is 5.68. The van der Waals surface area contributed by atoms with E-state index in [2.05, 4.69) is 9.80 Å². The van der Waals surface area contributed by atoms with Crippen LogP contribution in [0, 0.1) is 5.92 Å². The van der Waals surface area contributed by atoms with Gasteiger partial charge in [-0.2, -0.15) is 0 Å². The molecule has 3 aliphatic rings. The van der Waals surface area contributed by atoms with Gasteiger partial charge < -0.3 is 9.64 Å². The largest absolute Gasteiger partial charge is 0.379 e. The van der Waals surface area contributed by atoms with E-state index >= 15 is 0 Å². The molecule has 2 unspecified atom stereocenters. The molecule has 3 fully saturated rings. The number of hydrogen-bond donors (Lipinski definition) is 0. The van der Waals surface area contributed by atoms with Crippen molar-refractivity contribution in [1.29, 1.82) is 0 Å². The van der Waals surface area contributed by atoms with Crippen LogP contribution in [0.4, 0.5) is 0 Å². The second-order valence-corrected chi connectivity index (χ2v) is 5.91. The van der Waals surface area contributed by atoms with Crippen LogP contribution in [0.5, 0.6) is 0 Å². The van der Waals surface area contributed by atoms with Gasteiger partial charge in [-0.05, 0) is 25.8 Å². The Morgan fingerprint density at radius 1 is 1.17 bits per heavy atom. The van der Waals surface area contributed by atoms with E-state index in [4.69, 9.17) is 4.74 Å². The first kappa shape index (κ1) is 12.6. The second-order valence-electron chi connectivity index (χ2n) is 5.91. The molecule has 1 aliphatic carbocycles. The molecule has 2 saturated heterocycles. The highest BCUT2D eigenvalue weighted by Crippen LogP contribution is 2.25. The van der Waals surface area contributed by atoms with Gasteiger partial charge in [-0.25, -0.2) is 0 Å². The third kappa shape index (κ3) is 2.76. The monoisotopic (exact) mass is 252 g/mol. The molecule has 1 saturated carbocycles.